The van der Waals surface area contributed by atoms with Crippen molar-refractivity contribution in [3.63, 3.8) is 0 Å². The molecule has 0 bridgehead atoms. The predicted octanol–water partition coefficient (Wildman–Crippen LogP) is 3.78. The number of methoxy groups -OCH3 is 1. The average Bonchev–Trinajstić information content (AvgIpc) is 3.18. The van der Waals surface area contributed by atoms with Crippen molar-refractivity contribution in [3.8, 4) is 11.6 Å². The number of amides is 2. The van der Waals surface area contributed by atoms with Crippen LogP contribution in [0.15, 0.2) is 54.7 Å². The molecule has 0 fully saturated rings. The summed E-state index contributed by atoms with van der Waals surface area (Å²) in [6.45, 7) is 7.60. The van der Waals surface area contributed by atoms with Crippen molar-refractivity contribution in [2.45, 2.75) is 45.6 Å². The molecule has 0 saturated carbocycles. The zero-order chi connectivity index (χ0) is 23.3. The van der Waals surface area contributed by atoms with E-state index < -0.39 is 6.04 Å². The third kappa shape index (κ3) is 5.72. The van der Waals surface area contributed by atoms with Gasteiger partial charge in [-0.15, -0.1) is 0 Å². The minimum atomic E-state index is -0.480. The maximum absolute atomic E-state index is 13.0. The summed E-state index contributed by atoms with van der Waals surface area (Å²) in [5, 5.41) is 10.5. The van der Waals surface area contributed by atoms with Crippen LogP contribution >= 0.6 is 0 Å². The number of pyridine rings is 1. The van der Waals surface area contributed by atoms with E-state index in [1.165, 1.54) is 6.92 Å². The van der Waals surface area contributed by atoms with E-state index in [0.29, 0.717) is 17.4 Å². The van der Waals surface area contributed by atoms with Crippen LogP contribution in [0.25, 0.3) is 5.82 Å². The molecule has 0 aliphatic heterocycles. The second-order valence-corrected chi connectivity index (χ2v) is 8.54. The van der Waals surface area contributed by atoms with Crippen LogP contribution in [0.4, 0.5) is 5.82 Å². The molecule has 0 spiro atoms. The van der Waals surface area contributed by atoms with Crippen LogP contribution in [0, 0.1) is 0 Å². The Hall–Kier alpha value is -3.68. The van der Waals surface area contributed by atoms with Gasteiger partial charge in [-0.2, -0.15) is 9.78 Å². The van der Waals surface area contributed by atoms with Gasteiger partial charge < -0.3 is 15.4 Å². The smallest absolute Gasteiger partial charge is 0.227 e. The number of carbonyl (C=O) groups excluding carboxylic acids is 2. The van der Waals surface area contributed by atoms with Crippen molar-refractivity contribution < 1.29 is 14.3 Å². The molecule has 8 nitrogen and oxygen atoms in total. The quantitative estimate of drug-likeness (QED) is 0.589. The van der Waals surface area contributed by atoms with E-state index in [0.717, 1.165) is 11.3 Å². The summed E-state index contributed by atoms with van der Waals surface area (Å²) in [6.07, 6.45) is 1.74. The Balaban J connectivity index is 1.85. The molecule has 1 unspecified atom stereocenters. The number of nitrogens with zero attached hydrogens (tertiary/aromatic N) is 3. The fraction of sp³-hybridized carbons (Fsp3) is 0.333. The predicted molar refractivity (Wildman–Crippen MR) is 123 cm³/mol. The monoisotopic (exact) mass is 435 g/mol. The number of hydrogen-bond donors (Lipinski definition) is 2. The Morgan fingerprint density at radius 1 is 1.12 bits per heavy atom. The lowest BCUT2D eigenvalue weighted by molar-refractivity contribution is -0.120. The molecule has 0 aliphatic carbocycles. The van der Waals surface area contributed by atoms with Gasteiger partial charge in [-0.3, -0.25) is 9.59 Å². The molecule has 2 N–H and O–H groups in total. The molecule has 3 aromatic rings. The molecule has 0 aliphatic rings. The maximum atomic E-state index is 13.0. The van der Waals surface area contributed by atoms with Crippen LogP contribution in [-0.4, -0.2) is 33.7 Å². The fourth-order valence-electron chi connectivity index (χ4n) is 3.20. The molecule has 3 rings (SSSR count). The SMILES string of the molecule is COc1ccc(C(CC(=O)Nc2cc(C(C)(C)C)nn2-c2ccccn2)NC(C)=O)cc1. The van der Waals surface area contributed by atoms with Crippen molar-refractivity contribution in [1.82, 2.24) is 20.1 Å². The maximum Gasteiger partial charge on any atom is 0.227 e. The van der Waals surface area contributed by atoms with E-state index in [1.807, 2.05) is 36.4 Å². The van der Waals surface area contributed by atoms with E-state index >= 15 is 0 Å². The Labute approximate surface area is 188 Å². The molecule has 32 heavy (non-hydrogen) atoms. The van der Waals surface area contributed by atoms with Crippen LogP contribution in [-0.2, 0) is 15.0 Å². The molecule has 2 amide bonds. The lowest BCUT2D eigenvalue weighted by atomic mass is 9.92. The van der Waals surface area contributed by atoms with Crippen molar-refractivity contribution in [1.29, 1.82) is 0 Å². The Kier molecular flexibility index (Phi) is 6.92. The molecule has 168 valence electrons. The summed E-state index contributed by atoms with van der Waals surface area (Å²) < 4.78 is 6.82. The highest BCUT2D eigenvalue weighted by atomic mass is 16.5. The zero-order valence-corrected chi connectivity index (χ0v) is 19.0. The van der Waals surface area contributed by atoms with Crippen molar-refractivity contribution >= 4 is 17.6 Å². The highest BCUT2D eigenvalue weighted by Crippen LogP contribution is 2.27. The minimum Gasteiger partial charge on any atom is -0.497 e. The summed E-state index contributed by atoms with van der Waals surface area (Å²) in [7, 11) is 1.59. The lowest BCUT2D eigenvalue weighted by Crippen LogP contribution is -2.30. The molecule has 2 aromatic heterocycles. The first-order chi connectivity index (χ1) is 15.2. The van der Waals surface area contributed by atoms with Gasteiger partial charge in [-0.1, -0.05) is 39.0 Å². The Bertz CT molecular complexity index is 1070. The number of nitrogens with one attached hydrogen (secondary N) is 2. The average molecular weight is 436 g/mol. The summed E-state index contributed by atoms with van der Waals surface area (Å²) >= 11 is 0. The molecule has 0 radical (unpaired) electrons. The molecule has 1 aromatic carbocycles. The van der Waals surface area contributed by atoms with Gasteiger partial charge in [0.1, 0.15) is 11.6 Å². The second kappa shape index (κ2) is 9.64. The van der Waals surface area contributed by atoms with Gasteiger partial charge in [0.25, 0.3) is 0 Å². The molecular formula is C24H29N5O3. The summed E-state index contributed by atoms with van der Waals surface area (Å²) in [6, 6.07) is 14.2. The van der Waals surface area contributed by atoms with E-state index in [4.69, 9.17) is 4.74 Å². The van der Waals surface area contributed by atoms with Crippen molar-refractivity contribution in [2.75, 3.05) is 12.4 Å². The Morgan fingerprint density at radius 2 is 1.84 bits per heavy atom. The summed E-state index contributed by atoms with van der Waals surface area (Å²) in [5.41, 5.74) is 1.43. The van der Waals surface area contributed by atoms with Crippen LogP contribution in [0.3, 0.4) is 0 Å². The number of ether oxygens (including phenoxy) is 1. The first-order valence-electron chi connectivity index (χ1n) is 10.4. The number of benzene rings is 1. The normalized spacial score (nSPS) is 12.2. The van der Waals surface area contributed by atoms with Crippen molar-refractivity contribution in [3.05, 3.63) is 66.0 Å². The highest BCUT2D eigenvalue weighted by molar-refractivity contribution is 5.91. The number of rotatable bonds is 7. The van der Waals surface area contributed by atoms with E-state index in [2.05, 4.69) is 41.5 Å². The highest BCUT2D eigenvalue weighted by Gasteiger charge is 2.23. The molecule has 0 saturated heterocycles. The van der Waals surface area contributed by atoms with Crippen LogP contribution in [0.1, 0.15) is 51.4 Å². The number of anilines is 1. The van der Waals surface area contributed by atoms with Gasteiger partial charge in [-0.05, 0) is 29.8 Å². The second-order valence-electron chi connectivity index (χ2n) is 8.54. The van der Waals surface area contributed by atoms with Gasteiger partial charge in [-0.25, -0.2) is 4.98 Å². The van der Waals surface area contributed by atoms with Crippen LogP contribution < -0.4 is 15.4 Å². The van der Waals surface area contributed by atoms with Gasteiger partial charge >= 0.3 is 0 Å². The van der Waals surface area contributed by atoms with Gasteiger partial charge in [0.15, 0.2) is 5.82 Å². The summed E-state index contributed by atoms with van der Waals surface area (Å²) in [5.74, 6) is 1.36. The lowest BCUT2D eigenvalue weighted by Gasteiger charge is -2.18. The van der Waals surface area contributed by atoms with Gasteiger partial charge in [0, 0.05) is 24.6 Å². The fourth-order valence-corrected chi connectivity index (χ4v) is 3.20. The number of hydrogen-bond acceptors (Lipinski definition) is 5. The number of aromatic nitrogens is 3. The minimum absolute atomic E-state index is 0.0597. The van der Waals surface area contributed by atoms with E-state index in [-0.39, 0.29) is 23.7 Å². The third-order valence-corrected chi connectivity index (χ3v) is 4.90. The van der Waals surface area contributed by atoms with Crippen LogP contribution in [0.2, 0.25) is 0 Å². The van der Waals surface area contributed by atoms with Gasteiger partial charge in [0.05, 0.1) is 25.3 Å². The first kappa shape index (κ1) is 23.0. The molecule has 8 heteroatoms. The van der Waals surface area contributed by atoms with E-state index in [1.54, 1.807) is 30.1 Å². The van der Waals surface area contributed by atoms with Crippen LogP contribution in [0.5, 0.6) is 5.75 Å². The van der Waals surface area contributed by atoms with Gasteiger partial charge in [0.2, 0.25) is 11.8 Å². The molecule has 1 atom stereocenters. The molecular weight excluding hydrogens is 406 g/mol. The summed E-state index contributed by atoms with van der Waals surface area (Å²) in [4.78, 5) is 29.1. The Morgan fingerprint density at radius 3 is 2.41 bits per heavy atom. The zero-order valence-electron chi connectivity index (χ0n) is 19.0. The van der Waals surface area contributed by atoms with Crippen molar-refractivity contribution in [2.24, 2.45) is 0 Å². The topological polar surface area (TPSA) is 98.1 Å². The standard InChI is InChI=1S/C24H29N5O3/c1-16(30)26-19(17-9-11-18(32-5)12-10-17)14-23(31)27-22-15-20(24(2,3)4)28-29(22)21-8-6-7-13-25-21/h6-13,15,19H,14H2,1-5H3,(H,26,30)(H,27,31). The van der Waals surface area contributed by atoms with E-state index in [9.17, 15) is 9.59 Å². The number of carbonyl (C=O) groups is 2. The first-order valence-corrected chi connectivity index (χ1v) is 10.4. The largest absolute Gasteiger partial charge is 0.497 e. The molecule has 2 heterocycles. The third-order valence-electron chi connectivity index (χ3n) is 4.90.